The summed E-state index contributed by atoms with van der Waals surface area (Å²) in [6, 6.07) is 8.00. The van der Waals surface area contributed by atoms with Gasteiger partial charge in [0.1, 0.15) is 5.69 Å². The van der Waals surface area contributed by atoms with Gasteiger partial charge in [-0.2, -0.15) is 0 Å². The van der Waals surface area contributed by atoms with Crippen LogP contribution < -0.4 is 9.80 Å². The minimum Gasteiger partial charge on any atom is -0.370 e. The number of benzene rings is 1. The standard InChI is InChI=1S/C24H26BrF2N7/c25-17-1-2-20(21(15-17)32-11-6-23(4-5-23)7-12-32)34-16-19(30-31-34)18-3-10-28-22(29-18)33-13-8-24(26,27)9-14-33/h1-3,10,15-16H,4-9,11-14H2. The molecule has 2 saturated heterocycles. The molecule has 0 atom stereocenters. The summed E-state index contributed by atoms with van der Waals surface area (Å²) in [4.78, 5) is 13.2. The lowest BCUT2D eigenvalue weighted by Gasteiger charge is -2.35. The quantitative estimate of drug-likeness (QED) is 0.468. The highest BCUT2D eigenvalue weighted by atomic mass is 79.9. The summed E-state index contributed by atoms with van der Waals surface area (Å²) >= 11 is 3.62. The molecular formula is C24H26BrF2N7. The Morgan fingerprint density at radius 3 is 2.29 bits per heavy atom. The molecule has 0 radical (unpaired) electrons. The molecule has 4 heterocycles. The number of hydrogen-bond acceptors (Lipinski definition) is 6. The first-order chi connectivity index (χ1) is 16.4. The summed E-state index contributed by atoms with van der Waals surface area (Å²) in [6.07, 6.45) is 8.40. The van der Waals surface area contributed by atoms with Gasteiger partial charge in [-0.1, -0.05) is 21.1 Å². The van der Waals surface area contributed by atoms with Gasteiger partial charge in [0.2, 0.25) is 5.95 Å². The van der Waals surface area contributed by atoms with Crippen molar-refractivity contribution in [3.8, 4) is 17.1 Å². The Balaban J connectivity index is 1.25. The lowest BCUT2D eigenvalue weighted by molar-refractivity contribution is -0.0222. The van der Waals surface area contributed by atoms with E-state index in [0.717, 1.165) is 28.9 Å². The molecule has 0 bridgehead atoms. The maximum atomic E-state index is 13.5. The van der Waals surface area contributed by atoms with E-state index in [9.17, 15) is 8.78 Å². The van der Waals surface area contributed by atoms with Gasteiger partial charge in [-0.05, 0) is 55.4 Å². The molecule has 1 aromatic carbocycles. The average molecular weight is 530 g/mol. The molecule has 10 heteroatoms. The van der Waals surface area contributed by atoms with Crippen molar-refractivity contribution in [1.82, 2.24) is 25.0 Å². The molecule has 3 fully saturated rings. The normalized spacial score (nSPS) is 21.1. The van der Waals surface area contributed by atoms with Gasteiger partial charge in [0, 0.05) is 49.7 Å². The van der Waals surface area contributed by atoms with E-state index in [4.69, 9.17) is 0 Å². The maximum absolute atomic E-state index is 13.5. The average Bonchev–Trinajstić information content (AvgIpc) is 3.40. The Hall–Kier alpha value is -2.62. The van der Waals surface area contributed by atoms with Crippen LogP contribution in [0.3, 0.4) is 0 Å². The molecule has 1 aliphatic carbocycles. The van der Waals surface area contributed by atoms with Crippen LogP contribution in [0.1, 0.15) is 38.5 Å². The zero-order valence-electron chi connectivity index (χ0n) is 18.8. The molecule has 1 saturated carbocycles. The number of halogens is 3. The van der Waals surface area contributed by atoms with E-state index >= 15 is 0 Å². The van der Waals surface area contributed by atoms with E-state index in [2.05, 4.69) is 53.2 Å². The Morgan fingerprint density at radius 1 is 0.824 bits per heavy atom. The van der Waals surface area contributed by atoms with E-state index in [1.807, 2.05) is 12.3 Å². The van der Waals surface area contributed by atoms with Crippen molar-refractivity contribution >= 4 is 27.6 Å². The highest BCUT2D eigenvalue weighted by Gasteiger charge is 2.44. The Kier molecular flexibility index (Phi) is 5.31. The minimum atomic E-state index is -2.60. The second-order valence-electron chi connectivity index (χ2n) is 9.75. The Labute approximate surface area is 205 Å². The monoisotopic (exact) mass is 529 g/mol. The van der Waals surface area contributed by atoms with Crippen molar-refractivity contribution in [3.63, 3.8) is 0 Å². The summed E-state index contributed by atoms with van der Waals surface area (Å²) in [7, 11) is 0. The van der Waals surface area contributed by atoms with Crippen molar-refractivity contribution in [2.24, 2.45) is 5.41 Å². The summed E-state index contributed by atoms with van der Waals surface area (Å²) in [5.74, 6) is -2.15. The van der Waals surface area contributed by atoms with Crippen molar-refractivity contribution in [2.75, 3.05) is 36.0 Å². The summed E-state index contributed by atoms with van der Waals surface area (Å²) in [6.45, 7) is 2.58. The molecule has 0 unspecified atom stereocenters. The number of anilines is 2. The topological polar surface area (TPSA) is 63.0 Å². The molecule has 3 aromatic rings. The molecule has 3 aliphatic rings. The van der Waals surface area contributed by atoms with Gasteiger partial charge in [0.25, 0.3) is 5.92 Å². The number of piperidine rings is 2. The third kappa shape index (κ3) is 4.28. The van der Waals surface area contributed by atoms with E-state index in [0.29, 0.717) is 22.8 Å². The fourth-order valence-electron chi connectivity index (χ4n) is 5.02. The predicted octanol–water partition coefficient (Wildman–Crippen LogP) is 5.10. The van der Waals surface area contributed by atoms with Crippen molar-refractivity contribution < 1.29 is 8.78 Å². The van der Waals surface area contributed by atoms with Crippen LogP contribution in [0.15, 0.2) is 41.1 Å². The van der Waals surface area contributed by atoms with Gasteiger partial charge in [-0.25, -0.2) is 23.4 Å². The molecule has 0 N–H and O–H groups in total. The number of hydrogen-bond donors (Lipinski definition) is 0. The third-order valence-corrected chi connectivity index (χ3v) is 7.98. The second kappa shape index (κ2) is 8.25. The largest absolute Gasteiger partial charge is 0.370 e. The molecule has 2 aliphatic heterocycles. The molecule has 2 aromatic heterocycles. The van der Waals surface area contributed by atoms with Crippen molar-refractivity contribution in [1.29, 1.82) is 0 Å². The number of rotatable bonds is 4. The maximum Gasteiger partial charge on any atom is 0.251 e. The zero-order valence-corrected chi connectivity index (χ0v) is 20.4. The zero-order chi connectivity index (χ0) is 23.3. The van der Waals surface area contributed by atoms with Crippen LogP contribution in [0.2, 0.25) is 0 Å². The Morgan fingerprint density at radius 2 is 1.56 bits per heavy atom. The molecule has 34 heavy (non-hydrogen) atoms. The smallest absolute Gasteiger partial charge is 0.251 e. The van der Waals surface area contributed by atoms with Crippen LogP contribution in [0, 0.1) is 5.41 Å². The number of nitrogens with zero attached hydrogens (tertiary/aromatic N) is 7. The molecular weight excluding hydrogens is 504 g/mol. The van der Waals surface area contributed by atoms with E-state index in [1.54, 1.807) is 21.8 Å². The van der Waals surface area contributed by atoms with Gasteiger partial charge in [-0.3, -0.25) is 0 Å². The lowest BCUT2D eigenvalue weighted by Crippen LogP contribution is -2.40. The van der Waals surface area contributed by atoms with E-state index in [1.165, 1.54) is 25.7 Å². The van der Waals surface area contributed by atoms with Crippen LogP contribution >= 0.6 is 15.9 Å². The molecule has 6 rings (SSSR count). The SMILES string of the molecule is FC1(F)CCN(c2nccc(-c3cn(-c4ccc(Br)cc4N4CCC5(CC4)CC5)nn3)n2)CC1. The summed E-state index contributed by atoms with van der Waals surface area (Å²) in [5.41, 5.74) is 3.97. The van der Waals surface area contributed by atoms with Gasteiger partial charge < -0.3 is 9.80 Å². The van der Waals surface area contributed by atoms with Crippen LogP contribution in [-0.2, 0) is 0 Å². The van der Waals surface area contributed by atoms with Crippen molar-refractivity contribution in [2.45, 2.75) is 44.4 Å². The third-order valence-electron chi connectivity index (χ3n) is 7.48. The number of alkyl halides is 2. The summed E-state index contributed by atoms with van der Waals surface area (Å²) < 4.78 is 29.9. The predicted molar refractivity (Wildman–Crippen MR) is 130 cm³/mol. The molecule has 1 spiro atoms. The van der Waals surface area contributed by atoms with Gasteiger partial charge in [0.05, 0.1) is 23.3 Å². The highest BCUT2D eigenvalue weighted by Crippen LogP contribution is 2.54. The van der Waals surface area contributed by atoms with Crippen molar-refractivity contribution in [3.05, 3.63) is 41.1 Å². The summed E-state index contributed by atoms with van der Waals surface area (Å²) in [5, 5.41) is 8.77. The van der Waals surface area contributed by atoms with E-state index in [-0.39, 0.29) is 25.9 Å². The first kappa shape index (κ1) is 21.9. The highest BCUT2D eigenvalue weighted by molar-refractivity contribution is 9.10. The molecule has 0 amide bonds. The van der Waals surface area contributed by atoms with Crippen LogP contribution in [-0.4, -0.2) is 57.1 Å². The van der Waals surface area contributed by atoms with Gasteiger partial charge in [0.15, 0.2) is 0 Å². The molecule has 178 valence electrons. The first-order valence-corrected chi connectivity index (χ1v) is 12.6. The van der Waals surface area contributed by atoms with Crippen LogP contribution in [0.4, 0.5) is 20.4 Å². The number of aromatic nitrogens is 5. The lowest BCUT2D eigenvalue weighted by atomic mass is 9.93. The fourth-order valence-corrected chi connectivity index (χ4v) is 5.37. The van der Waals surface area contributed by atoms with Gasteiger partial charge >= 0.3 is 0 Å². The molecule has 7 nitrogen and oxygen atoms in total. The van der Waals surface area contributed by atoms with Crippen LogP contribution in [0.25, 0.3) is 17.1 Å². The van der Waals surface area contributed by atoms with E-state index < -0.39 is 5.92 Å². The fraction of sp³-hybridized carbons (Fsp3) is 0.500. The van der Waals surface area contributed by atoms with Crippen LogP contribution in [0.5, 0.6) is 0 Å². The second-order valence-corrected chi connectivity index (χ2v) is 10.7. The Bertz CT molecular complexity index is 1190. The first-order valence-electron chi connectivity index (χ1n) is 11.8. The minimum absolute atomic E-state index is 0.180. The van der Waals surface area contributed by atoms with Gasteiger partial charge in [-0.15, -0.1) is 5.10 Å².